The minimum atomic E-state index is -1.02. The van der Waals surface area contributed by atoms with E-state index in [0.29, 0.717) is 5.75 Å². The number of anilines is 1. The zero-order valence-corrected chi connectivity index (χ0v) is 11.0. The average molecular weight is 268 g/mol. The van der Waals surface area contributed by atoms with Crippen LogP contribution < -0.4 is 10.1 Å². The van der Waals surface area contributed by atoms with Crippen LogP contribution in [0.5, 0.6) is 5.75 Å². The fourth-order valence-electron chi connectivity index (χ4n) is 1.33. The Kier molecular flexibility index (Phi) is 4.31. The van der Waals surface area contributed by atoms with Crippen LogP contribution in [0.4, 0.5) is 11.4 Å². The van der Waals surface area contributed by atoms with Gasteiger partial charge in [-0.1, -0.05) is 0 Å². The Labute approximate surface area is 110 Å². The van der Waals surface area contributed by atoms with Gasteiger partial charge in [-0.25, -0.2) is 0 Å². The maximum absolute atomic E-state index is 11.0. The van der Waals surface area contributed by atoms with Crippen molar-refractivity contribution in [2.45, 2.75) is 13.8 Å². The van der Waals surface area contributed by atoms with Gasteiger partial charge in [0.05, 0.1) is 23.5 Å². The third-order valence-electron chi connectivity index (χ3n) is 2.70. The first-order valence-electron chi connectivity index (χ1n) is 5.57. The lowest BCUT2D eigenvalue weighted by atomic mass is 9.94. The summed E-state index contributed by atoms with van der Waals surface area (Å²) in [6.07, 6.45) is 0. The zero-order chi connectivity index (χ0) is 14.6. The lowest BCUT2D eigenvalue weighted by Crippen LogP contribution is -2.31. The number of carbonyl (C=O) groups is 1. The molecule has 7 nitrogen and oxygen atoms in total. The summed E-state index contributed by atoms with van der Waals surface area (Å²) in [5, 5.41) is 22.7. The van der Waals surface area contributed by atoms with Gasteiger partial charge in [0.1, 0.15) is 11.4 Å². The summed E-state index contributed by atoms with van der Waals surface area (Å²) in [6, 6.07) is 4.36. The van der Waals surface area contributed by atoms with Gasteiger partial charge < -0.3 is 15.2 Å². The minimum absolute atomic E-state index is 0.0789. The summed E-state index contributed by atoms with van der Waals surface area (Å²) in [4.78, 5) is 21.4. The van der Waals surface area contributed by atoms with Gasteiger partial charge in [0.15, 0.2) is 0 Å². The highest BCUT2D eigenvalue weighted by Crippen LogP contribution is 2.30. The predicted molar refractivity (Wildman–Crippen MR) is 69.6 cm³/mol. The number of carboxylic acid groups (broad SMARTS) is 1. The molecule has 1 aromatic carbocycles. The van der Waals surface area contributed by atoms with Crippen molar-refractivity contribution < 1.29 is 19.6 Å². The molecule has 0 bridgehead atoms. The van der Waals surface area contributed by atoms with Crippen molar-refractivity contribution in [3.63, 3.8) is 0 Å². The Morgan fingerprint density at radius 1 is 1.53 bits per heavy atom. The number of nitrogens with one attached hydrogen (secondary N) is 1. The lowest BCUT2D eigenvalue weighted by Gasteiger charge is -2.20. The maximum Gasteiger partial charge on any atom is 0.310 e. The number of rotatable bonds is 6. The van der Waals surface area contributed by atoms with E-state index in [1.54, 1.807) is 6.07 Å². The molecule has 0 spiro atoms. The van der Waals surface area contributed by atoms with E-state index in [0.717, 1.165) is 0 Å². The summed E-state index contributed by atoms with van der Waals surface area (Å²) in [5.74, 6) is -0.606. The van der Waals surface area contributed by atoms with Crippen molar-refractivity contribution >= 4 is 17.3 Å². The van der Waals surface area contributed by atoms with Crippen LogP contribution in [0.25, 0.3) is 0 Å². The first kappa shape index (κ1) is 14.7. The fourth-order valence-corrected chi connectivity index (χ4v) is 1.33. The van der Waals surface area contributed by atoms with Crippen molar-refractivity contribution in [2.75, 3.05) is 19.0 Å². The Balaban J connectivity index is 2.95. The van der Waals surface area contributed by atoms with E-state index in [4.69, 9.17) is 9.84 Å². The summed E-state index contributed by atoms with van der Waals surface area (Å²) in [7, 11) is 1.42. The minimum Gasteiger partial charge on any atom is -0.496 e. The summed E-state index contributed by atoms with van der Waals surface area (Å²) in [6.45, 7) is 3.16. The van der Waals surface area contributed by atoms with Crippen molar-refractivity contribution in [3.05, 3.63) is 28.3 Å². The normalized spacial score (nSPS) is 10.9. The van der Waals surface area contributed by atoms with E-state index in [1.165, 1.54) is 33.1 Å². The quantitative estimate of drug-likeness (QED) is 0.605. The largest absolute Gasteiger partial charge is 0.496 e. The van der Waals surface area contributed by atoms with Gasteiger partial charge in [-0.15, -0.1) is 0 Å². The van der Waals surface area contributed by atoms with Crippen LogP contribution in [0.1, 0.15) is 13.8 Å². The molecule has 0 heterocycles. The number of hydrogen-bond donors (Lipinski definition) is 2. The molecular formula is C12H16N2O5. The molecule has 0 aliphatic carbocycles. The van der Waals surface area contributed by atoms with Gasteiger partial charge in [-0.3, -0.25) is 14.9 Å². The highest BCUT2D eigenvalue weighted by molar-refractivity contribution is 5.75. The van der Waals surface area contributed by atoms with E-state index in [2.05, 4.69) is 5.32 Å². The number of carboxylic acids is 1. The summed E-state index contributed by atoms with van der Waals surface area (Å²) < 4.78 is 4.92. The smallest absolute Gasteiger partial charge is 0.310 e. The van der Waals surface area contributed by atoms with Crippen molar-refractivity contribution in [2.24, 2.45) is 5.41 Å². The number of nitro groups is 1. The molecule has 0 aromatic heterocycles. The molecule has 1 rings (SSSR count). The van der Waals surface area contributed by atoms with E-state index in [-0.39, 0.29) is 17.9 Å². The number of nitrogens with zero attached hydrogens (tertiary/aromatic N) is 1. The average Bonchev–Trinajstić information content (AvgIpc) is 2.35. The molecule has 0 aliphatic heterocycles. The third-order valence-corrected chi connectivity index (χ3v) is 2.70. The van der Waals surface area contributed by atoms with E-state index >= 15 is 0 Å². The van der Waals surface area contributed by atoms with Crippen LogP contribution in [-0.4, -0.2) is 29.7 Å². The van der Waals surface area contributed by atoms with Crippen LogP contribution >= 0.6 is 0 Å². The third kappa shape index (κ3) is 3.57. The van der Waals surface area contributed by atoms with Gasteiger partial charge in [-0.2, -0.15) is 0 Å². The molecule has 2 N–H and O–H groups in total. The van der Waals surface area contributed by atoms with Crippen LogP contribution in [-0.2, 0) is 4.79 Å². The fraction of sp³-hybridized carbons (Fsp3) is 0.417. The highest BCUT2D eigenvalue weighted by atomic mass is 16.6. The van der Waals surface area contributed by atoms with Crippen molar-refractivity contribution in [3.8, 4) is 5.75 Å². The van der Waals surface area contributed by atoms with Gasteiger partial charge in [-0.05, 0) is 26.0 Å². The monoisotopic (exact) mass is 268 g/mol. The number of nitro benzene ring substituents is 1. The topological polar surface area (TPSA) is 102 Å². The van der Waals surface area contributed by atoms with E-state index in [9.17, 15) is 14.9 Å². The second-order valence-electron chi connectivity index (χ2n) is 4.68. The molecule has 0 aliphatic rings. The maximum atomic E-state index is 11.0. The number of methoxy groups -OCH3 is 1. The number of ether oxygens (including phenoxy) is 1. The van der Waals surface area contributed by atoms with Gasteiger partial charge in [0, 0.05) is 6.54 Å². The lowest BCUT2D eigenvalue weighted by molar-refractivity contribution is -0.384. The molecule has 0 amide bonds. The SMILES string of the molecule is COc1ccc(NCC(C)(C)C(=O)O)c([N+](=O)[O-])c1. The number of aliphatic carboxylic acids is 1. The molecule has 0 radical (unpaired) electrons. The van der Waals surface area contributed by atoms with Gasteiger partial charge in [0.25, 0.3) is 5.69 Å². The Bertz CT molecular complexity index is 499. The second-order valence-corrected chi connectivity index (χ2v) is 4.68. The first-order chi connectivity index (χ1) is 8.77. The molecule has 0 saturated heterocycles. The van der Waals surface area contributed by atoms with Crippen molar-refractivity contribution in [1.82, 2.24) is 0 Å². The molecule has 0 unspecified atom stereocenters. The second kappa shape index (κ2) is 5.55. The summed E-state index contributed by atoms with van der Waals surface area (Å²) in [5.41, 5.74) is -0.908. The molecule has 104 valence electrons. The Hall–Kier alpha value is -2.31. The highest BCUT2D eigenvalue weighted by Gasteiger charge is 2.28. The predicted octanol–water partition coefficient (Wildman–Crippen LogP) is 2.13. The molecule has 0 saturated carbocycles. The van der Waals surface area contributed by atoms with Crippen molar-refractivity contribution in [1.29, 1.82) is 0 Å². The summed E-state index contributed by atoms with van der Waals surface area (Å²) >= 11 is 0. The van der Waals surface area contributed by atoms with E-state index in [1.807, 2.05) is 0 Å². The van der Waals surface area contributed by atoms with Crippen LogP contribution in [0.2, 0.25) is 0 Å². The molecule has 19 heavy (non-hydrogen) atoms. The van der Waals surface area contributed by atoms with Crippen LogP contribution in [0.15, 0.2) is 18.2 Å². The zero-order valence-electron chi connectivity index (χ0n) is 11.0. The van der Waals surface area contributed by atoms with Gasteiger partial charge in [0.2, 0.25) is 0 Å². The number of benzene rings is 1. The standard InChI is InChI=1S/C12H16N2O5/c1-12(2,11(15)16)7-13-9-5-4-8(19-3)6-10(9)14(17)18/h4-6,13H,7H2,1-3H3,(H,15,16). The molecular weight excluding hydrogens is 252 g/mol. The molecule has 0 fully saturated rings. The Morgan fingerprint density at radius 2 is 2.16 bits per heavy atom. The number of hydrogen-bond acceptors (Lipinski definition) is 5. The molecule has 7 heteroatoms. The molecule has 0 atom stereocenters. The molecule has 1 aromatic rings. The van der Waals surface area contributed by atoms with Gasteiger partial charge >= 0.3 is 5.97 Å². The Morgan fingerprint density at radius 3 is 2.63 bits per heavy atom. The van der Waals surface area contributed by atoms with E-state index < -0.39 is 16.3 Å². The van der Waals surface area contributed by atoms with Crippen LogP contribution in [0.3, 0.4) is 0 Å². The van der Waals surface area contributed by atoms with Crippen LogP contribution in [0, 0.1) is 15.5 Å². The first-order valence-corrected chi connectivity index (χ1v) is 5.57.